The average molecular weight is 129 g/mol. The highest BCUT2D eigenvalue weighted by Gasteiger charge is 2.19. The van der Waals surface area contributed by atoms with Gasteiger partial charge in [0.15, 0.2) is 0 Å². The smallest absolute Gasteiger partial charge is 0.0517 e. The first kappa shape index (κ1) is 7.03. The van der Waals surface area contributed by atoms with Gasteiger partial charge in [-0.2, -0.15) is 0 Å². The van der Waals surface area contributed by atoms with Gasteiger partial charge < -0.3 is 10.5 Å². The highest BCUT2D eigenvalue weighted by molar-refractivity contribution is 4.71. The minimum Gasteiger partial charge on any atom is -0.381 e. The van der Waals surface area contributed by atoms with Crippen LogP contribution < -0.4 is 5.73 Å². The quantitative estimate of drug-likeness (QED) is 0.610. The summed E-state index contributed by atoms with van der Waals surface area (Å²) in [6.45, 7) is 4.01. The van der Waals surface area contributed by atoms with E-state index in [1.807, 2.05) is 0 Å². The largest absolute Gasteiger partial charge is 0.381 e. The zero-order valence-corrected chi connectivity index (χ0v) is 5.97. The Balaban J connectivity index is 2.01. The van der Waals surface area contributed by atoms with Crippen molar-refractivity contribution in [2.75, 3.05) is 13.2 Å². The Morgan fingerprint density at radius 2 is 2.33 bits per heavy atom. The van der Waals surface area contributed by atoms with Crippen LogP contribution in [-0.4, -0.2) is 19.3 Å². The number of nitrogens with two attached hydrogens (primary N) is 1. The normalized spacial score (nSPS) is 23.3. The first-order valence-electron chi connectivity index (χ1n) is 3.66. The van der Waals surface area contributed by atoms with Crippen LogP contribution in [0.3, 0.4) is 0 Å². The van der Waals surface area contributed by atoms with E-state index in [2.05, 4.69) is 6.92 Å². The Morgan fingerprint density at radius 3 is 2.67 bits per heavy atom. The summed E-state index contributed by atoms with van der Waals surface area (Å²) in [5.74, 6) is 0.764. The van der Waals surface area contributed by atoms with E-state index < -0.39 is 0 Å². The van der Waals surface area contributed by atoms with E-state index in [1.54, 1.807) is 0 Å². The van der Waals surface area contributed by atoms with Gasteiger partial charge in [-0.15, -0.1) is 0 Å². The molecule has 0 aliphatic carbocycles. The third-order valence-electron chi connectivity index (χ3n) is 1.87. The fourth-order valence-corrected chi connectivity index (χ4v) is 1.02. The minimum atomic E-state index is 0.402. The van der Waals surface area contributed by atoms with Gasteiger partial charge in [-0.3, -0.25) is 0 Å². The second-order valence-corrected chi connectivity index (χ2v) is 2.81. The molecule has 1 aliphatic rings. The molecule has 0 aromatic carbocycles. The van der Waals surface area contributed by atoms with Crippen LogP contribution in [0.25, 0.3) is 0 Å². The van der Waals surface area contributed by atoms with Crippen molar-refractivity contribution in [3.05, 3.63) is 0 Å². The Kier molecular flexibility index (Phi) is 2.49. The van der Waals surface area contributed by atoms with E-state index in [-0.39, 0.29) is 0 Å². The molecule has 1 heterocycles. The molecule has 0 aromatic rings. The lowest BCUT2D eigenvalue weighted by Crippen LogP contribution is -2.33. The highest BCUT2D eigenvalue weighted by Crippen LogP contribution is 2.16. The predicted octanol–water partition coefficient (Wildman–Crippen LogP) is 0.760. The average Bonchev–Trinajstić information content (AvgIpc) is 1.78. The van der Waals surface area contributed by atoms with Crippen molar-refractivity contribution < 1.29 is 4.74 Å². The Morgan fingerprint density at radius 1 is 1.67 bits per heavy atom. The van der Waals surface area contributed by atoms with Crippen LogP contribution in [0.15, 0.2) is 0 Å². The molecule has 1 fully saturated rings. The van der Waals surface area contributed by atoms with Crippen molar-refractivity contribution in [1.82, 2.24) is 0 Å². The van der Waals surface area contributed by atoms with Crippen molar-refractivity contribution in [2.24, 2.45) is 11.7 Å². The molecule has 2 N–H and O–H groups in total. The Labute approximate surface area is 56.4 Å². The molecule has 0 bridgehead atoms. The molecule has 9 heavy (non-hydrogen) atoms. The molecular formula is C7H15NO. The number of ether oxygens (including phenoxy) is 1. The lowest BCUT2D eigenvalue weighted by molar-refractivity contribution is -0.0382. The monoisotopic (exact) mass is 129 g/mol. The summed E-state index contributed by atoms with van der Waals surface area (Å²) in [5, 5.41) is 0. The van der Waals surface area contributed by atoms with Gasteiger partial charge in [-0.1, -0.05) is 6.92 Å². The maximum absolute atomic E-state index is 5.73. The lowest BCUT2D eigenvalue weighted by Gasteiger charge is -2.27. The summed E-state index contributed by atoms with van der Waals surface area (Å²) in [4.78, 5) is 0. The fourth-order valence-electron chi connectivity index (χ4n) is 1.02. The van der Waals surface area contributed by atoms with Crippen molar-refractivity contribution in [1.29, 1.82) is 0 Å². The molecule has 1 unspecified atom stereocenters. The standard InChI is InChI=1S/C7H15NO/c1-2-7(8)3-6-4-9-5-6/h6-7H,2-5,8H2,1H3. The van der Waals surface area contributed by atoms with Crippen molar-refractivity contribution in [3.63, 3.8) is 0 Å². The van der Waals surface area contributed by atoms with Gasteiger partial charge in [0.05, 0.1) is 13.2 Å². The van der Waals surface area contributed by atoms with Gasteiger partial charge in [-0.05, 0) is 12.8 Å². The van der Waals surface area contributed by atoms with Crippen LogP contribution in [0.5, 0.6) is 0 Å². The van der Waals surface area contributed by atoms with Crippen molar-refractivity contribution >= 4 is 0 Å². The van der Waals surface area contributed by atoms with Crippen LogP contribution >= 0.6 is 0 Å². The van der Waals surface area contributed by atoms with E-state index in [4.69, 9.17) is 10.5 Å². The summed E-state index contributed by atoms with van der Waals surface area (Å²) in [7, 11) is 0. The SMILES string of the molecule is CCC(N)CC1COC1. The summed E-state index contributed by atoms with van der Waals surface area (Å²) in [6.07, 6.45) is 2.24. The molecule has 0 saturated carbocycles. The maximum Gasteiger partial charge on any atom is 0.0517 e. The summed E-state index contributed by atoms with van der Waals surface area (Å²) in [6, 6.07) is 0.402. The summed E-state index contributed by atoms with van der Waals surface area (Å²) in [5.41, 5.74) is 5.73. The van der Waals surface area contributed by atoms with E-state index in [0.717, 1.165) is 32.0 Å². The van der Waals surface area contributed by atoms with Crippen LogP contribution in [0.4, 0.5) is 0 Å². The number of hydrogen-bond acceptors (Lipinski definition) is 2. The molecule has 2 heteroatoms. The van der Waals surface area contributed by atoms with Crippen LogP contribution in [0, 0.1) is 5.92 Å². The molecule has 0 spiro atoms. The third-order valence-corrected chi connectivity index (χ3v) is 1.87. The van der Waals surface area contributed by atoms with E-state index in [0.29, 0.717) is 6.04 Å². The first-order valence-corrected chi connectivity index (χ1v) is 3.66. The van der Waals surface area contributed by atoms with Crippen molar-refractivity contribution in [2.45, 2.75) is 25.8 Å². The third kappa shape index (κ3) is 1.95. The zero-order chi connectivity index (χ0) is 6.69. The second-order valence-electron chi connectivity index (χ2n) is 2.81. The number of rotatable bonds is 3. The molecule has 1 saturated heterocycles. The van der Waals surface area contributed by atoms with Gasteiger partial charge >= 0.3 is 0 Å². The van der Waals surface area contributed by atoms with Crippen molar-refractivity contribution in [3.8, 4) is 0 Å². The predicted molar refractivity (Wildman–Crippen MR) is 37.2 cm³/mol. The van der Waals surface area contributed by atoms with Crippen LogP contribution in [-0.2, 0) is 4.74 Å². The molecule has 2 nitrogen and oxygen atoms in total. The molecular weight excluding hydrogens is 114 g/mol. The molecule has 0 radical (unpaired) electrons. The Hall–Kier alpha value is -0.0800. The molecule has 1 aliphatic heterocycles. The van der Waals surface area contributed by atoms with Gasteiger partial charge in [0.25, 0.3) is 0 Å². The zero-order valence-electron chi connectivity index (χ0n) is 5.97. The topological polar surface area (TPSA) is 35.2 Å². The molecule has 1 atom stereocenters. The fraction of sp³-hybridized carbons (Fsp3) is 1.00. The first-order chi connectivity index (χ1) is 4.33. The van der Waals surface area contributed by atoms with Gasteiger partial charge in [-0.25, -0.2) is 0 Å². The maximum atomic E-state index is 5.73. The van der Waals surface area contributed by atoms with Gasteiger partial charge in [0.1, 0.15) is 0 Å². The van der Waals surface area contributed by atoms with Crippen LogP contribution in [0.1, 0.15) is 19.8 Å². The van der Waals surface area contributed by atoms with E-state index >= 15 is 0 Å². The summed E-state index contributed by atoms with van der Waals surface area (Å²) < 4.78 is 5.02. The Bertz CT molecular complexity index is 78.2. The summed E-state index contributed by atoms with van der Waals surface area (Å²) >= 11 is 0. The van der Waals surface area contributed by atoms with E-state index in [1.165, 1.54) is 0 Å². The lowest BCUT2D eigenvalue weighted by atomic mass is 9.98. The van der Waals surface area contributed by atoms with Crippen LogP contribution in [0.2, 0.25) is 0 Å². The molecule has 1 rings (SSSR count). The highest BCUT2D eigenvalue weighted by atomic mass is 16.5. The molecule has 0 amide bonds. The minimum absolute atomic E-state index is 0.402. The molecule has 0 aromatic heterocycles. The molecule has 54 valence electrons. The van der Waals surface area contributed by atoms with E-state index in [9.17, 15) is 0 Å². The number of hydrogen-bond donors (Lipinski definition) is 1. The van der Waals surface area contributed by atoms with Gasteiger partial charge in [0.2, 0.25) is 0 Å². The van der Waals surface area contributed by atoms with Gasteiger partial charge in [0, 0.05) is 12.0 Å². The second kappa shape index (κ2) is 3.18.